The summed E-state index contributed by atoms with van der Waals surface area (Å²) in [6.45, 7) is 1.94. The van der Waals surface area contributed by atoms with Crippen LogP contribution in [0.4, 0.5) is 17.3 Å². The van der Waals surface area contributed by atoms with Crippen LogP contribution >= 0.6 is 11.6 Å². The number of hydrogen-bond donors (Lipinski definition) is 2. The van der Waals surface area contributed by atoms with Gasteiger partial charge in [0.1, 0.15) is 0 Å². The lowest BCUT2D eigenvalue weighted by Gasteiger charge is -2.12. The van der Waals surface area contributed by atoms with E-state index in [1.54, 1.807) is 30.7 Å². The molecule has 2 aromatic heterocycles. The number of nitrogens with one attached hydrogen (secondary N) is 2. The van der Waals surface area contributed by atoms with Gasteiger partial charge in [-0.1, -0.05) is 18.2 Å². The zero-order valence-corrected chi connectivity index (χ0v) is 17.4. The van der Waals surface area contributed by atoms with Crippen LogP contribution in [-0.4, -0.2) is 20.9 Å². The van der Waals surface area contributed by atoms with E-state index >= 15 is 0 Å². The third-order valence-electron chi connectivity index (χ3n) is 4.61. The lowest BCUT2D eigenvalue weighted by molar-refractivity contribution is 0.102. The Bertz CT molecular complexity index is 1280. The quantitative estimate of drug-likeness (QED) is 0.389. The zero-order valence-electron chi connectivity index (χ0n) is 18.6. The van der Waals surface area contributed by atoms with Gasteiger partial charge in [-0.15, -0.1) is 11.6 Å². The van der Waals surface area contributed by atoms with Crippen LogP contribution in [-0.2, 0) is 5.83 Å². The van der Waals surface area contributed by atoms with Gasteiger partial charge in [0.05, 0.1) is 5.69 Å². The van der Waals surface area contributed by atoms with Gasteiger partial charge in [0.25, 0.3) is 5.91 Å². The first-order valence-electron chi connectivity index (χ1n) is 10.5. The maximum Gasteiger partial charge on any atom is 0.255 e. The fourth-order valence-corrected chi connectivity index (χ4v) is 3.06. The predicted molar refractivity (Wildman–Crippen MR) is 124 cm³/mol. The summed E-state index contributed by atoms with van der Waals surface area (Å²) in [5, 5.41) is 6.06. The Balaban J connectivity index is 1.51. The van der Waals surface area contributed by atoms with E-state index < -0.39 is 5.83 Å². The molecular weight excluding hydrogens is 410 g/mol. The van der Waals surface area contributed by atoms with Gasteiger partial charge in [0, 0.05) is 49.7 Å². The molecule has 154 valence electrons. The number of aryl methyl sites for hydroxylation is 1. The molecule has 0 aliphatic heterocycles. The molecule has 0 fully saturated rings. The monoisotopic (exact) mass is 431 g/mol. The van der Waals surface area contributed by atoms with E-state index in [9.17, 15) is 4.79 Å². The van der Waals surface area contributed by atoms with E-state index in [2.05, 4.69) is 25.6 Å². The fourth-order valence-electron chi connectivity index (χ4n) is 2.94. The molecule has 2 heterocycles. The predicted octanol–water partition coefficient (Wildman–Crippen LogP) is 5.58. The number of carbonyl (C=O) groups excluding carboxylic acids is 1. The van der Waals surface area contributed by atoms with Crippen molar-refractivity contribution < 1.29 is 7.54 Å². The first-order valence-corrected chi connectivity index (χ1v) is 9.89. The highest BCUT2D eigenvalue weighted by molar-refractivity contribution is 6.17. The van der Waals surface area contributed by atoms with Crippen LogP contribution in [0.3, 0.4) is 0 Å². The molecule has 0 saturated heterocycles. The summed E-state index contributed by atoms with van der Waals surface area (Å²) < 4.78 is 15.1. The first-order chi connectivity index (χ1) is 15.8. The van der Waals surface area contributed by atoms with E-state index in [1.807, 2.05) is 31.2 Å². The van der Waals surface area contributed by atoms with E-state index in [4.69, 9.17) is 14.3 Å². The minimum atomic E-state index is -1.98. The molecule has 0 aliphatic rings. The van der Waals surface area contributed by atoms with E-state index in [0.717, 1.165) is 22.5 Å². The molecule has 0 saturated carbocycles. The number of amides is 1. The highest BCUT2D eigenvalue weighted by atomic mass is 35.5. The van der Waals surface area contributed by atoms with Crippen LogP contribution in [0.1, 0.15) is 24.2 Å². The average molecular weight is 432 g/mol. The Hall–Kier alpha value is -3.77. The Morgan fingerprint density at radius 3 is 2.68 bits per heavy atom. The van der Waals surface area contributed by atoms with Gasteiger partial charge < -0.3 is 10.6 Å². The van der Waals surface area contributed by atoms with Gasteiger partial charge >= 0.3 is 0 Å². The number of pyridine rings is 1. The summed E-state index contributed by atoms with van der Waals surface area (Å²) in [5.74, 6) is -1.88. The SMILES string of the molecule is [2H]C([2H])(Cl)c1ccc(C(=O)Nc2ccc(C)c(Nc3nccc(-c4cccnc4)n3)c2)cc1. The normalized spacial score (nSPS) is 11.9. The minimum Gasteiger partial charge on any atom is -0.324 e. The second kappa shape index (κ2) is 9.36. The van der Waals surface area contributed by atoms with Gasteiger partial charge in [-0.3, -0.25) is 9.78 Å². The van der Waals surface area contributed by atoms with Gasteiger partial charge in [0.2, 0.25) is 5.95 Å². The van der Waals surface area contributed by atoms with E-state index in [0.29, 0.717) is 17.2 Å². The summed E-state index contributed by atoms with van der Waals surface area (Å²) in [6.07, 6.45) is 5.12. The van der Waals surface area contributed by atoms with Gasteiger partial charge in [-0.2, -0.15) is 0 Å². The molecule has 6 nitrogen and oxygen atoms in total. The van der Waals surface area contributed by atoms with Gasteiger partial charge in [0.15, 0.2) is 0 Å². The largest absolute Gasteiger partial charge is 0.324 e. The number of carbonyl (C=O) groups is 1. The van der Waals surface area contributed by atoms with Gasteiger partial charge in [-0.25, -0.2) is 9.97 Å². The molecular formula is C24H20ClN5O. The fraction of sp³-hybridized carbons (Fsp3) is 0.0833. The summed E-state index contributed by atoms with van der Waals surface area (Å²) in [5.41, 5.74) is 4.60. The van der Waals surface area contributed by atoms with Crippen molar-refractivity contribution in [3.63, 3.8) is 0 Å². The van der Waals surface area contributed by atoms with E-state index in [-0.39, 0.29) is 11.5 Å². The molecule has 0 aliphatic carbocycles. The second-order valence-electron chi connectivity index (χ2n) is 6.79. The number of alkyl halides is 1. The Kier molecular flexibility index (Phi) is 5.45. The number of benzene rings is 2. The number of rotatable bonds is 6. The topological polar surface area (TPSA) is 79.8 Å². The zero-order chi connectivity index (χ0) is 23.4. The third kappa shape index (κ3) is 5.05. The van der Waals surface area contributed by atoms with E-state index in [1.165, 1.54) is 24.3 Å². The molecule has 4 rings (SSSR count). The highest BCUT2D eigenvalue weighted by Crippen LogP contribution is 2.24. The van der Waals surface area contributed by atoms with Crippen LogP contribution in [0.25, 0.3) is 11.3 Å². The highest BCUT2D eigenvalue weighted by Gasteiger charge is 2.09. The molecule has 31 heavy (non-hydrogen) atoms. The molecule has 7 heteroatoms. The molecule has 4 aromatic rings. The third-order valence-corrected chi connectivity index (χ3v) is 4.83. The maximum absolute atomic E-state index is 12.6. The lowest BCUT2D eigenvalue weighted by Crippen LogP contribution is -2.12. The molecule has 0 radical (unpaired) electrons. The first kappa shape index (κ1) is 18.0. The van der Waals surface area contributed by atoms with Crippen molar-refractivity contribution in [2.75, 3.05) is 10.6 Å². The van der Waals surface area contributed by atoms with Crippen molar-refractivity contribution in [1.29, 1.82) is 0 Å². The van der Waals surface area contributed by atoms with Crippen LogP contribution in [0, 0.1) is 6.92 Å². The lowest BCUT2D eigenvalue weighted by atomic mass is 10.1. The molecule has 2 aromatic carbocycles. The van der Waals surface area contributed by atoms with Crippen molar-refractivity contribution in [2.24, 2.45) is 0 Å². The van der Waals surface area contributed by atoms with Crippen LogP contribution in [0.2, 0.25) is 0 Å². The van der Waals surface area contributed by atoms with Crippen molar-refractivity contribution in [3.8, 4) is 11.3 Å². The second-order valence-corrected chi connectivity index (χ2v) is 6.98. The molecule has 0 spiro atoms. The van der Waals surface area contributed by atoms with Crippen molar-refractivity contribution in [1.82, 2.24) is 15.0 Å². The molecule has 0 bridgehead atoms. The summed E-state index contributed by atoms with van der Waals surface area (Å²) >= 11 is 5.68. The van der Waals surface area contributed by atoms with Crippen molar-refractivity contribution in [3.05, 3.63) is 95.9 Å². The van der Waals surface area contributed by atoms with Crippen molar-refractivity contribution in [2.45, 2.75) is 12.8 Å². The molecule has 1 amide bonds. The summed E-state index contributed by atoms with van der Waals surface area (Å²) in [4.78, 5) is 25.6. The number of halogens is 1. The van der Waals surface area contributed by atoms with Crippen LogP contribution in [0.5, 0.6) is 0 Å². The number of hydrogen-bond acceptors (Lipinski definition) is 5. The van der Waals surface area contributed by atoms with Crippen LogP contribution < -0.4 is 10.6 Å². The van der Waals surface area contributed by atoms with Crippen LogP contribution in [0.15, 0.2) is 79.3 Å². The Morgan fingerprint density at radius 1 is 1.10 bits per heavy atom. The summed E-state index contributed by atoms with van der Waals surface area (Å²) in [7, 11) is 0. The molecule has 0 atom stereocenters. The van der Waals surface area contributed by atoms with Gasteiger partial charge in [-0.05, 0) is 60.5 Å². The Labute approximate surface area is 188 Å². The Morgan fingerprint density at radius 2 is 1.94 bits per heavy atom. The number of aromatic nitrogens is 3. The number of nitrogens with zero attached hydrogens (tertiary/aromatic N) is 3. The average Bonchev–Trinajstić information content (AvgIpc) is 2.81. The standard InChI is InChI=1S/C24H20ClN5O/c1-16-4-9-20(28-23(31)18-7-5-17(14-25)6-8-18)13-22(16)30-24-27-12-10-21(29-24)19-3-2-11-26-15-19/h2-13,15H,14H2,1H3,(H,28,31)(H,27,29,30)/i14D2. The number of anilines is 3. The maximum atomic E-state index is 12.6. The molecule has 0 unspecified atom stereocenters. The minimum absolute atomic E-state index is 0.288. The smallest absolute Gasteiger partial charge is 0.255 e. The summed E-state index contributed by atoms with van der Waals surface area (Å²) in [6, 6.07) is 17.1. The molecule has 2 N–H and O–H groups in total. The van der Waals surface area contributed by atoms with Crippen molar-refractivity contribution >= 4 is 34.8 Å².